The molecular weight excluding hydrogens is 318 g/mol. The molecular formula is C20H29NO2S. The standard InChI is InChI=1S/C20H29NO2S/c1-20(21,16-22)13-12-19-11-10-18(24-19)9-5-6-14-23-15-17-7-3-2-4-8-17/h2-4,7-8,10-11,22H,5-6,9,12-16,21H2,1H3. The highest BCUT2D eigenvalue weighted by Crippen LogP contribution is 2.22. The van der Waals surface area contributed by atoms with Crippen LogP contribution < -0.4 is 5.73 Å². The third kappa shape index (κ3) is 7.14. The van der Waals surface area contributed by atoms with Gasteiger partial charge in [0, 0.05) is 21.9 Å². The fourth-order valence-electron chi connectivity index (χ4n) is 2.45. The Hall–Kier alpha value is -1.20. The van der Waals surface area contributed by atoms with Gasteiger partial charge in [0.2, 0.25) is 0 Å². The Morgan fingerprint density at radius 2 is 1.75 bits per heavy atom. The van der Waals surface area contributed by atoms with Gasteiger partial charge >= 0.3 is 0 Å². The van der Waals surface area contributed by atoms with Gasteiger partial charge < -0.3 is 15.6 Å². The minimum atomic E-state index is -0.472. The van der Waals surface area contributed by atoms with Gasteiger partial charge in [-0.3, -0.25) is 0 Å². The summed E-state index contributed by atoms with van der Waals surface area (Å²) in [5.74, 6) is 0. The summed E-state index contributed by atoms with van der Waals surface area (Å²) in [6, 6.07) is 14.7. The van der Waals surface area contributed by atoms with Gasteiger partial charge in [-0.25, -0.2) is 0 Å². The van der Waals surface area contributed by atoms with E-state index in [9.17, 15) is 5.11 Å². The molecule has 0 bridgehead atoms. The van der Waals surface area contributed by atoms with E-state index in [1.807, 2.05) is 36.5 Å². The van der Waals surface area contributed by atoms with Gasteiger partial charge in [0.15, 0.2) is 0 Å². The van der Waals surface area contributed by atoms with Crippen molar-refractivity contribution in [2.75, 3.05) is 13.2 Å². The van der Waals surface area contributed by atoms with E-state index in [4.69, 9.17) is 10.5 Å². The third-order valence-electron chi connectivity index (χ3n) is 4.09. The van der Waals surface area contributed by atoms with E-state index in [2.05, 4.69) is 24.3 Å². The van der Waals surface area contributed by atoms with E-state index >= 15 is 0 Å². The van der Waals surface area contributed by atoms with Crippen LogP contribution in [0.15, 0.2) is 42.5 Å². The molecule has 0 fully saturated rings. The van der Waals surface area contributed by atoms with E-state index in [0.29, 0.717) is 6.61 Å². The lowest BCUT2D eigenvalue weighted by molar-refractivity contribution is 0.117. The molecule has 2 rings (SSSR count). The average molecular weight is 348 g/mol. The van der Waals surface area contributed by atoms with Gasteiger partial charge in [-0.05, 0) is 56.7 Å². The van der Waals surface area contributed by atoms with Crippen LogP contribution in [-0.2, 0) is 24.2 Å². The molecule has 0 saturated carbocycles. The summed E-state index contributed by atoms with van der Waals surface area (Å²) in [6.07, 6.45) is 5.11. The molecule has 1 atom stereocenters. The van der Waals surface area contributed by atoms with Crippen molar-refractivity contribution in [1.29, 1.82) is 0 Å². The molecule has 3 nitrogen and oxygen atoms in total. The molecule has 0 aliphatic carbocycles. The number of thiophene rings is 1. The van der Waals surface area contributed by atoms with Crippen LogP contribution in [0, 0.1) is 0 Å². The second-order valence-corrected chi connectivity index (χ2v) is 7.93. The lowest BCUT2D eigenvalue weighted by atomic mass is 9.98. The first-order valence-electron chi connectivity index (χ1n) is 8.68. The van der Waals surface area contributed by atoms with Crippen molar-refractivity contribution in [3.8, 4) is 0 Å². The monoisotopic (exact) mass is 347 g/mol. The largest absolute Gasteiger partial charge is 0.394 e. The number of benzene rings is 1. The van der Waals surface area contributed by atoms with Gasteiger partial charge in [0.1, 0.15) is 0 Å². The number of aliphatic hydroxyl groups is 1. The highest BCUT2D eigenvalue weighted by molar-refractivity contribution is 7.11. The Bertz CT molecular complexity index is 580. The van der Waals surface area contributed by atoms with Crippen molar-refractivity contribution in [1.82, 2.24) is 0 Å². The molecule has 0 saturated heterocycles. The molecule has 1 unspecified atom stereocenters. The van der Waals surface area contributed by atoms with Crippen molar-refractivity contribution in [2.45, 2.75) is 51.2 Å². The van der Waals surface area contributed by atoms with Crippen LogP contribution in [0.1, 0.15) is 41.5 Å². The van der Waals surface area contributed by atoms with Crippen molar-refractivity contribution in [3.63, 3.8) is 0 Å². The van der Waals surface area contributed by atoms with E-state index < -0.39 is 5.54 Å². The maximum atomic E-state index is 9.20. The fraction of sp³-hybridized carbons (Fsp3) is 0.500. The number of aliphatic hydroxyl groups excluding tert-OH is 1. The van der Waals surface area contributed by atoms with Crippen LogP contribution in [0.5, 0.6) is 0 Å². The molecule has 1 aromatic carbocycles. The summed E-state index contributed by atoms with van der Waals surface area (Å²) in [5, 5.41) is 9.20. The van der Waals surface area contributed by atoms with Gasteiger partial charge in [0.25, 0.3) is 0 Å². The van der Waals surface area contributed by atoms with Crippen LogP contribution in [0.4, 0.5) is 0 Å². The summed E-state index contributed by atoms with van der Waals surface area (Å²) >= 11 is 1.87. The fourth-order valence-corrected chi connectivity index (χ4v) is 3.51. The number of nitrogens with two attached hydrogens (primary N) is 1. The zero-order valence-electron chi connectivity index (χ0n) is 14.5. The lowest BCUT2D eigenvalue weighted by Crippen LogP contribution is -2.40. The molecule has 0 spiro atoms. The molecule has 132 valence electrons. The number of unbranched alkanes of at least 4 members (excludes halogenated alkanes) is 1. The Balaban J connectivity index is 1.58. The Kier molecular flexibility index (Phi) is 7.92. The Morgan fingerprint density at radius 1 is 1.04 bits per heavy atom. The van der Waals surface area contributed by atoms with Crippen LogP contribution in [0.3, 0.4) is 0 Å². The normalized spacial score (nSPS) is 13.8. The van der Waals surface area contributed by atoms with Crippen molar-refractivity contribution < 1.29 is 9.84 Å². The SMILES string of the molecule is CC(N)(CO)CCc1ccc(CCCCOCc2ccccc2)s1. The van der Waals surface area contributed by atoms with E-state index in [-0.39, 0.29) is 6.61 Å². The van der Waals surface area contributed by atoms with Crippen molar-refractivity contribution in [2.24, 2.45) is 5.73 Å². The van der Waals surface area contributed by atoms with Crippen LogP contribution in [-0.4, -0.2) is 23.9 Å². The van der Waals surface area contributed by atoms with Gasteiger partial charge in [-0.15, -0.1) is 11.3 Å². The molecule has 4 heteroatoms. The summed E-state index contributed by atoms with van der Waals surface area (Å²) in [4.78, 5) is 2.78. The van der Waals surface area contributed by atoms with Crippen LogP contribution in [0.25, 0.3) is 0 Å². The van der Waals surface area contributed by atoms with E-state index in [1.54, 1.807) is 0 Å². The first kappa shape index (κ1) is 19.1. The summed E-state index contributed by atoms with van der Waals surface area (Å²) < 4.78 is 5.72. The third-order valence-corrected chi connectivity index (χ3v) is 5.30. The minimum Gasteiger partial charge on any atom is -0.394 e. The highest BCUT2D eigenvalue weighted by Gasteiger charge is 2.16. The molecule has 3 N–H and O–H groups in total. The zero-order chi connectivity index (χ0) is 17.3. The second kappa shape index (κ2) is 9.94. The van der Waals surface area contributed by atoms with Gasteiger partial charge in [-0.1, -0.05) is 30.3 Å². The predicted molar refractivity (Wildman–Crippen MR) is 101 cm³/mol. The van der Waals surface area contributed by atoms with E-state index in [1.165, 1.54) is 15.3 Å². The first-order chi connectivity index (χ1) is 11.6. The number of ether oxygens (including phenoxy) is 1. The highest BCUT2D eigenvalue weighted by atomic mass is 32.1. The molecule has 0 aliphatic heterocycles. The van der Waals surface area contributed by atoms with Gasteiger partial charge in [-0.2, -0.15) is 0 Å². The van der Waals surface area contributed by atoms with E-state index in [0.717, 1.165) is 38.7 Å². The molecule has 2 aromatic rings. The zero-order valence-corrected chi connectivity index (χ0v) is 15.4. The molecule has 1 aromatic heterocycles. The van der Waals surface area contributed by atoms with Crippen molar-refractivity contribution in [3.05, 3.63) is 57.8 Å². The van der Waals surface area contributed by atoms with Gasteiger partial charge in [0.05, 0.1) is 13.2 Å². The smallest absolute Gasteiger partial charge is 0.0716 e. The molecule has 0 aliphatic rings. The van der Waals surface area contributed by atoms with Crippen LogP contribution in [0.2, 0.25) is 0 Å². The van der Waals surface area contributed by atoms with Crippen LogP contribution >= 0.6 is 11.3 Å². The number of rotatable bonds is 11. The van der Waals surface area contributed by atoms with Crippen molar-refractivity contribution >= 4 is 11.3 Å². The summed E-state index contributed by atoms with van der Waals surface area (Å²) in [5.41, 5.74) is 6.74. The summed E-state index contributed by atoms with van der Waals surface area (Å²) in [7, 11) is 0. The number of hydrogen-bond acceptors (Lipinski definition) is 4. The molecule has 0 amide bonds. The first-order valence-corrected chi connectivity index (χ1v) is 9.50. The lowest BCUT2D eigenvalue weighted by Gasteiger charge is -2.20. The quantitative estimate of drug-likeness (QED) is 0.606. The minimum absolute atomic E-state index is 0.0359. The maximum absolute atomic E-state index is 9.20. The number of aryl methyl sites for hydroxylation is 2. The predicted octanol–water partition coefficient (Wildman–Crippen LogP) is 3.93. The Labute approximate surface area is 149 Å². The molecule has 1 heterocycles. The number of hydrogen-bond donors (Lipinski definition) is 2. The second-order valence-electron chi connectivity index (χ2n) is 6.68. The average Bonchev–Trinajstić information content (AvgIpc) is 3.05. The molecule has 0 radical (unpaired) electrons. The topological polar surface area (TPSA) is 55.5 Å². The maximum Gasteiger partial charge on any atom is 0.0716 e. The molecule has 24 heavy (non-hydrogen) atoms. The Morgan fingerprint density at radius 3 is 2.46 bits per heavy atom. The summed E-state index contributed by atoms with van der Waals surface area (Å²) in [6.45, 7) is 3.45.